The molecule has 3 nitrogen and oxygen atoms in total. The fraction of sp³-hybridized carbons (Fsp3) is 1.00. The lowest BCUT2D eigenvalue weighted by Crippen LogP contribution is -2.08. The van der Waals surface area contributed by atoms with E-state index in [9.17, 15) is 0 Å². The van der Waals surface area contributed by atoms with Crippen LogP contribution in [0, 0.1) is 0 Å². The Kier molecular flexibility index (Phi) is 11.2. The van der Waals surface area contributed by atoms with Crippen molar-refractivity contribution in [2.24, 2.45) is 0 Å². The van der Waals surface area contributed by atoms with Gasteiger partial charge in [-0.3, -0.25) is 0 Å². The van der Waals surface area contributed by atoms with Crippen molar-refractivity contribution in [3.05, 3.63) is 0 Å². The van der Waals surface area contributed by atoms with Crippen LogP contribution in [0.3, 0.4) is 0 Å². The zero-order valence-corrected chi connectivity index (χ0v) is 12.0. The molecule has 0 spiro atoms. The molecular weight excluding hydrogens is 281 g/mol. The Morgan fingerprint density at radius 3 is 1.80 bits per heavy atom. The number of alkyl halides is 3. The van der Waals surface area contributed by atoms with Crippen LogP contribution in [0.5, 0.6) is 0 Å². The van der Waals surface area contributed by atoms with E-state index in [-0.39, 0.29) is 10.8 Å². The summed E-state index contributed by atoms with van der Waals surface area (Å²) in [6.45, 7) is 4.82. The van der Waals surface area contributed by atoms with Gasteiger partial charge in [-0.15, -0.1) is 34.8 Å². The van der Waals surface area contributed by atoms with Gasteiger partial charge in [0, 0.05) is 5.88 Å². The summed E-state index contributed by atoms with van der Waals surface area (Å²) in [6.07, 6.45) is 0. The first-order valence-corrected chi connectivity index (χ1v) is 7.09. The van der Waals surface area contributed by atoms with Gasteiger partial charge in [-0.25, -0.2) is 0 Å². The first-order valence-electron chi connectivity index (χ1n) is 4.59. The van der Waals surface area contributed by atoms with Crippen molar-refractivity contribution in [2.45, 2.75) is 24.6 Å². The molecule has 0 radical (unpaired) electrons. The van der Waals surface area contributed by atoms with Crippen LogP contribution in [0.1, 0.15) is 13.8 Å². The average Bonchev–Trinajstić information content (AvgIpc) is 2.16. The Morgan fingerprint density at radius 1 is 1.00 bits per heavy atom. The molecule has 15 heavy (non-hydrogen) atoms. The van der Waals surface area contributed by atoms with Gasteiger partial charge in [0.1, 0.15) is 0 Å². The molecule has 7 heteroatoms. The molecule has 2 atom stereocenters. The smallest absolute Gasteiger partial charge is 0.311 e. The standard InChI is InChI=1S/C8H16Cl3O3P/c1-7(10)5-13-15(12-4-3-9)14-6-8(2)11/h7-8H,3-6H2,1-2H3. The van der Waals surface area contributed by atoms with Gasteiger partial charge in [0.25, 0.3) is 0 Å². The minimum atomic E-state index is -1.38. The molecular formula is C8H16Cl3O3P. The number of hydrogen-bond acceptors (Lipinski definition) is 3. The number of hydrogen-bond donors (Lipinski definition) is 0. The Hall–Kier alpha value is 1.18. The lowest BCUT2D eigenvalue weighted by molar-refractivity contribution is 0.167. The normalized spacial score (nSPS) is 17.4. The summed E-state index contributed by atoms with van der Waals surface area (Å²) in [5.41, 5.74) is 0. The monoisotopic (exact) mass is 296 g/mol. The molecule has 2 unspecified atom stereocenters. The van der Waals surface area contributed by atoms with E-state index in [1.165, 1.54) is 0 Å². The fourth-order valence-electron chi connectivity index (χ4n) is 0.548. The van der Waals surface area contributed by atoms with Gasteiger partial charge in [-0.1, -0.05) is 0 Å². The summed E-state index contributed by atoms with van der Waals surface area (Å²) in [6, 6.07) is 0. The van der Waals surface area contributed by atoms with E-state index >= 15 is 0 Å². The predicted molar refractivity (Wildman–Crippen MR) is 66.1 cm³/mol. The van der Waals surface area contributed by atoms with Crippen molar-refractivity contribution in [1.82, 2.24) is 0 Å². The molecule has 0 aliphatic carbocycles. The molecule has 0 amide bonds. The quantitative estimate of drug-likeness (QED) is 0.479. The molecule has 0 fully saturated rings. The van der Waals surface area contributed by atoms with E-state index in [1.54, 1.807) is 0 Å². The molecule has 0 aliphatic rings. The largest absolute Gasteiger partial charge is 0.332 e. The van der Waals surface area contributed by atoms with Crippen LogP contribution in [-0.2, 0) is 13.6 Å². The van der Waals surface area contributed by atoms with E-state index < -0.39 is 8.60 Å². The SMILES string of the molecule is CC(Cl)COP(OCCCl)OCC(C)Cl. The highest BCUT2D eigenvalue weighted by molar-refractivity contribution is 7.41. The maximum absolute atomic E-state index is 5.74. The van der Waals surface area contributed by atoms with E-state index in [4.69, 9.17) is 48.4 Å². The van der Waals surface area contributed by atoms with Crippen molar-refractivity contribution < 1.29 is 13.6 Å². The summed E-state index contributed by atoms with van der Waals surface area (Å²) >= 11 is 17.0. The molecule has 92 valence electrons. The van der Waals surface area contributed by atoms with Crippen LogP contribution in [0.15, 0.2) is 0 Å². The van der Waals surface area contributed by atoms with Gasteiger partial charge in [0.05, 0.1) is 30.6 Å². The van der Waals surface area contributed by atoms with Crippen molar-refractivity contribution >= 4 is 43.4 Å². The summed E-state index contributed by atoms with van der Waals surface area (Å²) < 4.78 is 15.9. The van der Waals surface area contributed by atoms with E-state index in [1.807, 2.05) is 13.8 Å². The minimum absolute atomic E-state index is 0.0772. The number of halogens is 3. The summed E-state index contributed by atoms with van der Waals surface area (Å²) in [5, 5.41) is -0.154. The molecule has 0 saturated heterocycles. The average molecular weight is 298 g/mol. The first-order chi connectivity index (χ1) is 7.06. The zero-order valence-electron chi connectivity index (χ0n) is 8.79. The lowest BCUT2D eigenvalue weighted by Gasteiger charge is -2.17. The third-order valence-corrected chi connectivity index (χ3v) is 2.61. The van der Waals surface area contributed by atoms with Crippen LogP contribution in [0.4, 0.5) is 0 Å². The molecule has 0 heterocycles. The maximum Gasteiger partial charge on any atom is 0.332 e. The molecule has 0 aromatic heterocycles. The number of rotatable bonds is 9. The predicted octanol–water partition coefficient (Wildman–Crippen LogP) is 3.76. The first kappa shape index (κ1) is 16.2. The van der Waals surface area contributed by atoms with Crippen LogP contribution in [-0.4, -0.2) is 36.5 Å². The van der Waals surface area contributed by atoms with Crippen LogP contribution in [0.2, 0.25) is 0 Å². The molecule has 0 rings (SSSR count). The highest BCUT2D eigenvalue weighted by Gasteiger charge is 2.14. The molecule has 0 aromatic carbocycles. The minimum Gasteiger partial charge on any atom is -0.311 e. The molecule has 0 saturated carbocycles. The molecule has 0 bridgehead atoms. The van der Waals surface area contributed by atoms with Crippen LogP contribution < -0.4 is 0 Å². The Morgan fingerprint density at radius 2 is 1.47 bits per heavy atom. The van der Waals surface area contributed by atoms with Crippen LogP contribution >= 0.6 is 43.4 Å². The topological polar surface area (TPSA) is 27.7 Å². The molecule has 0 N–H and O–H groups in total. The Labute approximate surface area is 107 Å². The Balaban J connectivity index is 3.73. The van der Waals surface area contributed by atoms with E-state index in [0.717, 1.165) is 0 Å². The third kappa shape index (κ3) is 11.4. The van der Waals surface area contributed by atoms with Crippen molar-refractivity contribution in [3.8, 4) is 0 Å². The van der Waals surface area contributed by atoms with E-state index in [2.05, 4.69) is 0 Å². The third-order valence-electron chi connectivity index (χ3n) is 1.09. The molecule has 0 aliphatic heterocycles. The molecule has 0 aromatic rings. The van der Waals surface area contributed by atoms with Gasteiger partial charge in [-0.2, -0.15) is 0 Å². The summed E-state index contributed by atoms with van der Waals surface area (Å²) in [7, 11) is -1.38. The highest BCUT2D eigenvalue weighted by Crippen LogP contribution is 2.40. The van der Waals surface area contributed by atoms with Gasteiger partial charge in [0.2, 0.25) is 0 Å². The maximum atomic E-state index is 5.74. The summed E-state index contributed by atoms with van der Waals surface area (Å²) in [5.74, 6) is 0.401. The summed E-state index contributed by atoms with van der Waals surface area (Å²) in [4.78, 5) is 0. The second-order valence-electron chi connectivity index (χ2n) is 2.90. The van der Waals surface area contributed by atoms with Crippen molar-refractivity contribution in [1.29, 1.82) is 0 Å². The highest BCUT2D eigenvalue weighted by atomic mass is 35.5. The second kappa shape index (κ2) is 10.3. The zero-order chi connectivity index (χ0) is 11.7. The van der Waals surface area contributed by atoms with Crippen molar-refractivity contribution in [3.63, 3.8) is 0 Å². The Bertz CT molecular complexity index is 137. The van der Waals surface area contributed by atoms with Crippen LogP contribution in [0.25, 0.3) is 0 Å². The lowest BCUT2D eigenvalue weighted by atomic mass is 10.5. The fourth-order valence-corrected chi connectivity index (χ4v) is 2.19. The van der Waals surface area contributed by atoms with Gasteiger partial charge in [-0.05, 0) is 13.8 Å². The second-order valence-corrected chi connectivity index (χ2v) is 5.99. The van der Waals surface area contributed by atoms with Gasteiger partial charge >= 0.3 is 8.60 Å². The van der Waals surface area contributed by atoms with E-state index in [0.29, 0.717) is 25.7 Å². The van der Waals surface area contributed by atoms with Gasteiger partial charge < -0.3 is 13.6 Å². The van der Waals surface area contributed by atoms with Gasteiger partial charge in [0.15, 0.2) is 0 Å². The van der Waals surface area contributed by atoms with Crippen molar-refractivity contribution in [2.75, 3.05) is 25.7 Å².